The topological polar surface area (TPSA) is 9.23 Å². The van der Waals surface area contributed by atoms with Crippen LogP contribution in [0.15, 0.2) is 22.7 Å². The van der Waals surface area contributed by atoms with Crippen molar-refractivity contribution in [2.45, 2.75) is 19.0 Å². The summed E-state index contributed by atoms with van der Waals surface area (Å²) in [4.78, 5) is 0. The number of benzene rings is 1. The Hall–Kier alpha value is -0.710. The van der Waals surface area contributed by atoms with Gasteiger partial charge in [0.1, 0.15) is 5.75 Å². The van der Waals surface area contributed by atoms with Crippen molar-refractivity contribution in [1.29, 1.82) is 0 Å². The molecule has 0 aliphatic heterocycles. The van der Waals surface area contributed by atoms with E-state index in [2.05, 4.69) is 15.9 Å². The number of alkyl halides is 3. The predicted octanol–water partition coefficient (Wildman–Crippen LogP) is 4.26. The first-order chi connectivity index (χ1) is 7.47. The Morgan fingerprint density at radius 1 is 1.31 bits per heavy atom. The molecule has 16 heavy (non-hydrogen) atoms. The van der Waals surface area contributed by atoms with Crippen molar-refractivity contribution >= 4 is 15.9 Å². The lowest BCUT2D eigenvalue weighted by molar-refractivity contribution is -0.138. The highest BCUT2D eigenvalue weighted by Gasteiger charge is 2.33. The summed E-state index contributed by atoms with van der Waals surface area (Å²) < 4.78 is 42.7. The van der Waals surface area contributed by atoms with E-state index in [0.29, 0.717) is 18.3 Å². The molecule has 0 saturated heterocycles. The third-order valence-corrected chi connectivity index (χ3v) is 3.08. The third kappa shape index (κ3) is 2.90. The summed E-state index contributed by atoms with van der Waals surface area (Å²) in [6, 6.07) is 3.76. The summed E-state index contributed by atoms with van der Waals surface area (Å²) in [5.74, 6) is 1.06. The molecule has 0 atom stereocenters. The number of hydrogen-bond donors (Lipinski definition) is 0. The standard InChI is InChI=1S/C11H10BrF3O/c12-10-5-8(16-6-7-1-2-7)3-4-9(10)11(13,14)15/h3-5,7H,1-2,6H2. The molecule has 0 heterocycles. The van der Waals surface area contributed by atoms with Gasteiger partial charge in [-0.2, -0.15) is 13.2 Å². The second-order valence-electron chi connectivity index (χ2n) is 3.89. The van der Waals surface area contributed by atoms with Crippen LogP contribution in [0, 0.1) is 5.92 Å². The van der Waals surface area contributed by atoms with Gasteiger partial charge >= 0.3 is 6.18 Å². The SMILES string of the molecule is FC(F)(F)c1ccc(OCC2CC2)cc1Br. The summed E-state index contributed by atoms with van der Waals surface area (Å²) in [6.45, 7) is 0.595. The smallest absolute Gasteiger partial charge is 0.417 e. The minimum Gasteiger partial charge on any atom is -0.493 e. The Morgan fingerprint density at radius 2 is 2.00 bits per heavy atom. The molecule has 0 bridgehead atoms. The molecule has 1 aromatic rings. The quantitative estimate of drug-likeness (QED) is 0.809. The summed E-state index contributed by atoms with van der Waals surface area (Å²) in [6.07, 6.45) is -2.02. The molecule has 1 nitrogen and oxygen atoms in total. The Morgan fingerprint density at radius 3 is 2.50 bits per heavy atom. The first-order valence-corrected chi connectivity index (χ1v) is 5.75. The van der Waals surface area contributed by atoms with Crippen molar-refractivity contribution in [2.75, 3.05) is 6.61 Å². The van der Waals surface area contributed by atoms with Crippen molar-refractivity contribution < 1.29 is 17.9 Å². The third-order valence-electron chi connectivity index (χ3n) is 2.43. The molecule has 0 spiro atoms. The lowest BCUT2D eigenvalue weighted by Gasteiger charge is -2.11. The minimum atomic E-state index is -4.33. The Labute approximate surface area is 99.7 Å². The van der Waals surface area contributed by atoms with Crippen LogP contribution in [0.4, 0.5) is 13.2 Å². The number of ether oxygens (including phenoxy) is 1. The molecule has 1 aliphatic rings. The van der Waals surface area contributed by atoms with Crippen LogP contribution in [0.3, 0.4) is 0 Å². The minimum absolute atomic E-state index is 0.0216. The van der Waals surface area contributed by atoms with E-state index in [9.17, 15) is 13.2 Å². The molecule has 0 amide bonds. The van der Waals surface area contributed by atoms with Gasteiger partial charge in [0, 0.05) is 4.47 Å². The second-order valence-corrected chi connectivity index (χ2v) is 4.75. The first-order valence-electron chi connectivity index (χ1n) is 4.96. The molecule has 0 aromatic heterocycles. The van der Waals surface area contributed by atoms with Gasteiger partial charge in [0.2, 0.25) is 0 Å². The number of halogens is 4. The highest BCUT2D eigenvalue weighted by Crippen LogP contribution is 2.37. The van der Waals surface area contributed by atoms with Gasteiger partial charge in [-0.3, -0.25) is 0 Å². The maximum atomic E-state index is 12.4. The van der Waals surface area contributed by atoms with E-state index in [4.69, 9.17) is 4.74 Å². The average molecular weight is 295 g/mol. The fourth-order valence-corrected chi connectivity index (χ4v) is 1.90. The average Bonchev–Trinajstić information content (AvgIpc) is 2.96. The zero-order valence-electron chi connectivity index (χ0n) is 8.35. The highest BCUT2D eigenvalue weighted by atomic mass is 79.9. The molecule has 1 saturated carbocycles. The van der Waals surface area contributed by atoms with Gasteiger partial charge in [-0.15, -0.1) is 0 Å². The second kappa shape index (κ2) is 4.28. The number of hydrogen-bond acceptors (Lipinski definition) is 1. The molecule has 1 fully saturated rings. The molecule has 0 N–H and O–H groups in total. The van der Waals surface area contributed by atoms with Crippen LogP contribution in [0.25, 0.3) is 0 Å². The Balaban J connectivity index is 2.08. The molecule has 5 heteroatoms. The van der Waals surface area contributed by atoms with Crippen LogP contribution in [0.5, 0.6) is 5.75 Å². The maximum absolute atomic E-state index is 12.4. The number of rotatable bonds is 3. The van der Waals surface area contributed by atoms with Crippen molar-refractivity contribution in [2.24, 2.45) is 5.92 Å². The van der Waals surface area contributed by atoms with Crippen LogP contribution >= 0.6 is 15.9 Å². The maximum Gasteiger partial charge on any atom is 0.417 e. The monoisotopic (exact) mass is 294 g/mol. The van der Waals surface area contributed by atoms with Crippen LogP contribution < -0.4 is 4.74 Å². The normalized spacial score (nSPS) is 16.2. The van der Waals surface area contributed by atoms with E-state index in [0.717, 1.165) is 18.9 Å². The predicted molar refractivity (Wildman–Crippen MR) is 57.4 cm³/mol. The Kier molecular flexibility index (Phi) is 3.15. The summed E-state index contributed by atoms with van der Waals surface area (Å²) in [5.41, 5.74) is -0.675. The van der Waals surface area contributed by atoms with E-state index in [1.54, 1.807) is 0 Å². The van der Waals surface area contributed by atoms with E-state index in [-0.39, 0.29) is 4.47 Å². The Bertz CT molecular complexity index is 385. The van der Waals surface area contributed by atoms with Gasteiger partial charge in [-0.25, -0.2) is 0 Å². The summed E-state index contributed by atoms with van der Waals surface area (Å²) in [7, 11) is 0. The summed E-state index contributed by atoms with van der Waals surface area (Å²) in [5, 5.41) is 0. The van der Waals surface area contributed by atoms with E-state index in [1.165, 1.54) is 12.1 Å². The van der Waals surface area contributed by atoms with Crippen LogP contribution in [-0.2, 0) is 6.18 Å². The van der Waals surface area contributed by atoms with Gasteiger partial charge in [0.25, 0.3) is 0 Å². The van der Waals surface area contributed by atoms with E-state index >= 15 is 0 Å². The zero-order valence-corrected chi connectivity index (χ0v) is 9.94. The van der Waals surface area contributed by atoms with Crippen LogP contribution in [0.2, 0.25) is 0 Å². The van der Waals surface area contributed by atoms with Crippen molar-refractivity contribution in [3.8, 4) is 5.75 Å². The fourth-order valence-electron chi connectivity index (χ4n) is 1.31. The van der Waals surface area contributed by atoms with Crippen molar-refractivity contribution in [3.05, 3.63) is 28.2 Å². The van der Waals surface area contributed by atoms with Gasteiger partial charge in [-0.1, -0.05) is 15.9 Å². The lowest BCUT2D eigenvalue weighted by atomic mass is 10.2. The van der Waals surface area contributed by atoms with Gasteiger partial charge in [0.15, 0.2) is 0 Å². The molecule has 1 aromatic carbocycles. The molecular weight excluding hydrogens is 285 g/mol. The van der Waals surface area contributed by atoms with E-state index in [1.807, 2.05) is 0 Å². The molecular formula is C11H10BrF3O. The summed E-state index contributed by atoms with van der Waals surface area (Å²) >= 11 is 2.91. The first kappa shape index (κ1) is 11.8. The largest absolute Gasteiger partial charge is 0.493 e. The molecule has 0 radical (unpaired) electrons. The van der Waals surface area contributed by atoms with Gasteiger partial charge in [-0.05, 0) is 37.0 Å². The molecule has 0 unspecified atom stereocenters. The van der Waals surface area contributed by atoms with Gasteiger partial charge < -0.3 is 4.74 Å². The lowest BCUT2D eigenvalue weighted by Crippen LogP contribution is -2.06. The van der Waals surface area contributed by atoms with Crippen molar-refractivity contribution in [3.63, 3.8) is 0 Å². The fraction of sp³-hybridized carbons (Fsp3) is 0.455. The van der Waals surface area contributed by atoms with Crippen LogP contribution in [0.1, 0.15) is 18.4 Å². The van der Waals surface area contributed by atoms with Crippen LogP contribution in [-0.4, -0.2) is 6.61 Å². The van der Waals surface area contributed by atoms with Gasteiger partial charge in [0.05, 0.1) is 12.2 Å². The van der Waals surface area contributed by atoms with Crippen molar-refractivity contribution in [1.82, 2.24) is 0 Å². The molecule has 1 aliphatic carbocycles. The zero-order chi connectivity index (χ0) is 11.8. The van der Waals surface area contributed by atoms with E-state index < -0.39 is 11.7 Å². The molecule has 88 valence electrons. The highest BCUT2D eigenvalue weighted by molar-refractivity contribution is 9.10. The molecule has 2 rings (SSSR count).